The molecule has 0 bridgehead atoms. The number of nitro benzene ring substituents is 1. The lowest BCUT2D eigenvalue weighted by molar-refractivity contribution is -0.387. The summed E-state index contributed by atoms with van der Waals surface area (Å²) in [5.74, 6) is 0.0434. The summed E-state index contributed by atoms with van der Waals surface area (Å²) < 4.78 is 16.1. The zero-order chi connectivity index (χ0) is 23.5. The minimum atomic E-state index is -0.802. The van der Waals surface area contributed by atoms with E-state index in [2.05, 4.69) is 5.32 Å². The molecular formula is C22H26N2O7S. The maximum atomic E-state index is 12.1. The molecule has 0 fully saturated rings. The number of carbonyl (C=O) groups is 2. The maximum absolute atomic E-state index is 12.1. The number of thioether (sulfide) groups is 1. The third-order valence-corrected chi connectivity index (χ3v) is 5.07. The Hall–Kier alpha value is -3.27. The summed E-state index contributed by atoms with van der Waals surface area (Å²) in [6, 6.07) is 9.65. The summed E-state index contributed by atoms with van der Waals surface area (Å²) in [5.41, 5.74) is 0.786. The summed E-state index contributed by atoms with van der Waals surface area (Å²) in [4.78, 5) is 35.2. The Balaban J connectivity index is 1.85. The minimum absolute atomic E-state index is 0.0140. The van der Waals surface area contributed by atoms with E-state index in [0.717, 1.165) is 11.6 Å². The summed E-state index contributed by atoms with van der Waals surface area (Å²) in [7, 11) is 0. The van der Waals surface area contributed by atoms with Gasteiger partial charge in [0.15, 0.2) is 18.1 Å². The number of ether oxygens (including phenoxy) is 3. The molecule has 2 aromatic carbocycles. The van der Waals surface area contributed by atoms with Crippen LogP contribution in [0.25, 0.3) is 0 Å². The SMILES string of the molecule is CCOc1ccc(CCNC(=O)COC(=O)c2ccc(SC)c([N+](=O)[O-])c2)cc1OCC. The van der Waals surface area contributed by atoms with Crippen LogP contribution in [0.15, 0.2) is 41.3 Å². The number of carbonyl (C=O) groups excluding carboxylic acids is 2. The normalized spacial score (nSPS) is 10.3. The van der Waals surface area contributed by atoms with Crippen molar-refractivity contribution in [2.45, 2.75) is 25.2 Å². The van der Waals surface area contributed by atoms with Crippen molar-refractivity contribution in [1.29, 1.82) is 0 Å². The molecule has 32 heavy (non-hydrogen) atoms. The molecule has 0 aliphatic rings. The van der Waals surface area contributed by atoms with Gasteiger partial charge in [-0.05, 0) is 56.4 Å². The molecule has 9 nitrogen and oxygen atoms in total. The van der Waals surface area contributed by atoms with Crippen LogP contribution in [-0.4, -0.2) is 49.4 Å². The van der Waals surface area contributed by atoms with E-state index in [0.29, 0.717) is 42.6 Å². The van der Waals surface area contributed by atoms with E-state index in [4.69, 9.17) is 14.2 Å². The Bertz CT molecular complexity index is 965. The zero-order valence-corrected chi connectivity index (χ0v) is 19.0. The molecular weight excluding hydrogens is 436 g/mol. The van der Waals surface area contributed by atoms with Crippen molar-refractivity contribution in [3.8, 4) is 11.5 Å². The highest BCUT2D eigenvalue weighted by Gasteiger charge is 2.18. The monoisotopic (exact) mass is 462 g/mol. The molecule has 1 amide bonds. The van der Waals surface area contributed by atoms with Crippen LogP contribution >= 0.6 is 11.8 Å². The molecule has 10 heteroatoms. The van der Waals surface area contributed by atoms with Crippen molar-refractivity contribution in [3.63, 3.8) is 0 Å². The second kappa shape index (κ2) is 12.6. The highest BCUT2D eigenvalue weighted by molar-refractivity contribution is 7.98. The van der Waals surface area contributed by atoms with Gasteiger partial charge in [0.1, 0.15) is 0 Å². The topological polar surface area (TPSA) is 117 Å². The highest BCUT2D eigenvalue weighted by Crippen LogP contribution is 2.29. The second-order valence-corrected chi connectivity index (χ2v) is 7.32. The molecule has 0 spiro atoms. The molecule has 1 N–H and O–H groups in total. The van der Waals surface area contributed by atoms with Gasteiger partial charge in [-0.1, -0.05) is 6.07 Å². The Morgan fingerprint density at radius 2 is 1.78 bits per heavy atom. The van der Waals surface area contributed by atoms with Gasteiger partial charge in [0.2, 0.25) is 0 Å². The van der Waals surface area contributed by atoms with Gasteiger partial charge in [-0.2, -0.15) is 0 Å². The minimum Gasteiger partial charge on any atom is -0.490 e. The van der Waals surface area contributed by atoms with Gasteiger partial charge in [0.05, 0.1) is 28.6 Å². The molecule has 2 aromatic rings. The molecule has 0 saturated heterocycles. The van der Waals surface area contributed by atoms with E-state index in [1.807, 2.05) is 32.0 Å². The number of nitrogens with zero attached hydrogens (tertiary/aromatic N) is 1. The number of nitro groups is 1. The van der Waals surface area contributed by atoms with Gasteiger partial charge in [0, 0.05) is 12.6 Å². The second-order valence-electron chi connectivity index (χ2n) is 6.47. The highest BCUT2D eigenvalue weighted by atomic mass is 32.2. The molecule has 0 aliphatic heterocycles. The third kappa shape index (κ3) is 7.16. The van der Waals surface area contributed by atoms with Gasteiger partial charge in [0.25, 0.3) is 11.6 Å². The number of nitrogens with one attached hydrogen (secondary N) is 1. The largest absolute Gasteiger partial charge is 0.490 e. The standard InChI is InChI=1S/C22H26N2O7S/c1-4-29-18-8-6-15(12-19(18)30-5-2)10-11-23-21(25)14-31-22(26)16-7-9-20(32-3)17(13-16)24(27)28/h6-9,12-13H,4-5,10-11,14H2,1-3H3,(H,23,25). The molecule has 0 heterocycles. The van der Waals surface area contributed by atoms with E-state index < -0.39 is 23.4 Å². The number of rotatable bonds is 12. The molecule has 0 unspecified atom stereocenters. The van der Waals surface area contributed by atoms with Crippen molar-refractivity contribution in [2.24, 2.45) is 0 Å². The first-order valence-corrected chi connectivity index (χ1v) is 11.3. The lowest BCUT2D eigenvalue weighted by atomic mass is 10.1. The van der Waals surface area contributed by atoms with E-state index >= 15 is 0 Å². The van der Waals surface area contributed by atoms with Crippen LogP contribution in [0, 0.1) is 10.1 Å². The molecule has 0 aromatic heterocycles. The van der Waals surface area contributed by atoms with E-state index in [1.54, 1.807) is 6.26 Å². The number of hydrogen-bond donors (Lipinski definition) is 1. The van der Waals surface area contributed by atoms with Gasteiger partial charge >= 0.3 is 5.97 Å². The fourth-order valence-electron chi connectivity index (χ4n) is 2.82. The summed E-state index contributed by atoms with van der Waals surface area (Å²) in [6.07, 6.45) is 2.25. The number of hydrogen-bond acceptors (Lipinski definition) is 8. The first-order chi connectivity index (χ1) is 15.4. The smallest absolute Gasteiger partial charge is 0.338 e. The lowest BCUT2D eigenvalue weighted by Gasteiger charge is -2.12. The van der Waals surface area contributed by atoms with Gasteiger partial charge in [-0.3, -0.25) is 14.9 Å². The number of esters is 1. The van der Waals surface area contributed by atoms with Crippen LogP contribution in [-0.2, 0) is 16.0 Å². The van der Waals surface area contributed by atoms with Crippen LogP contribution < -0.4 is 14.8 Å². The fraction of sp³-hybridized carbons (Fsp3) is 0.364. The maximum Gasteiger partial charge on any atom is 0.338 e. The molecule has 172 valence electrons. The third-order valence-electron chi connectivity index (χ3n) is 4.29. The Morgan fingerprint density at radius 3 is 2.44 bits per heavy atom. The van der Waals surface area contributed by atoms with Crippen LogP contribution in [0.5, 0.6) is 11.5 Å². The summed E-state index contributed by atoms with van der Waals surface area (Å²) >= 11 is 1.20. The average Bonchev–Trinajstić information content (AvgIpc) is 2.78. The Labute approximate surface area is 190 Å². The van der Waals surface area contributed by atoms with Crippen LogP contribution in [0.1, 0.15) is 29.8 Å². The van der Waals surface area contributed by atoms with Gasteiger partial charge in [-0.25, -0.2) is 4.79 Å². The van der Waals surface area contributed by atoms with E-state index in [9.17, 15) is 19.7 Å². The van der Waals surface area contributed by atoms with Crippen molar-refractivity contribution < 1.29 is 28.7 Å². The number of benzene rings is 2. The van der Waals surface area contributed by atoms with E-state index in [-0.39, 0.29) is 11.3 Å². The zero-order valence-electron chi connectivity index (χ0n) is 18.2. The first-order valence-electron chi connectivity index (χ1n) is 10.0. The summed E-state index contributed by atoms with van der Waals surface area (Å²) in [5, 5.41) is 13.8. The number of amides is 1. The molecule has 2 rings (SSSR count). The van der Waals surface area contributed by atoms with Crippen molar-refractivity contribution in [1.82, 2.24) is 5.32 Å². The fourth-order valence-corrected chi connectivity index (χ4v) is 3.37. The predicted octanol–water partition coefficient (Wildman–Crippen LogP) is 3.63. The van der Waals surface area contributed by atoms with Crippen molar-refractivity contribution >= 4 is 29.3 Å². The van der Waals surface area contributed by atoms with Crippen LogP contribution in [0.2, 0.25) is 0 Å². The Kier molecular flexibility index (Phi) is 9.80. The average molecular weight is 463 g/mol. The molecule has 0 radical (unpaired) electrons. The van der Waals surface area contributed by atoms with Crippen molar-refractivity contribution in [2.75, 3.05) is 32.6 Å². The Morgan fingerprint density at radius 1 is 1.06 bits per heavy atom. The quantitative estimate of drug-likeness (QED) is 0.220. The molecule has 0 saturated carbocycles. The van der Waals surface area contributed by atoms with Crippen LogP contribution in [0.3, 0.4) is 0 Å². The lowest BCUT2D eigenvalue weighted by Crippen LogP contribution is -2.30. The predicted molar refractivity (Wildman–Crippen MR) is 121 cm³/mol. The van der Waals surface area contributed by atoms with E-state index in [1.165, 1.54) is 23.9 Å². The first kappa shape index (κ1) is 25.0. The molecule has 0 atom stereocenters. The van der Waals surface area contributed by atoms with Gasteiger partial charge < -0.3 is 19.5 Å². The summed E-state index contributed by atoms with van der Waals surface area (Å²) in [6.45, 7) is 4.68. The van der Waals surface area contributed by atoms with Crippen LogP contribution in [0.4, 0.5) is 5.69 Å². The van der Waals surface area contributed by atoms with Crippen molar-refractivity contribution in [3.05, 3.63) is 57.6 Å². The molecule has 0 aliphatic carbocycles. The van der Waals surface area contributed by atoms with Gasteiger partial charge in [-0.15, -0.1) is 11.8 Å².